The van der Waals surface area contributed by atoms with E-state index in [1.165, 1.54) is 0 Å². The van der Waals surface area contributed by atoms with Gasteiger partial charge in [0.25, 0.3) is 0 Å². The van der Waals surface area contributed by atoms with E-state index in [0.29, 0.717) is 19.0 Å². The zero-order valence-corrected chi connectivity index (χ0v) is 15.6. The Morgan fingerprint density at radius 2 is 1.81 bits per heavy atom. The number of ether oxygens (including phenoxy) is 1. The predicted molar refractivity (Wildman–Crippen MR) is 105 cm³/mol. The molecular weight excluding hydrogens is 394 g/mol. The molecule has 2 N–H and O–H groups in total. The topological polar surface area (TPSA) is 69.7 Å². The van der Waals surface area contributed by atoms with Crippen LogP contribution in [-0.2, 0) is 18.1 Å². The number of oxime groups is 1. The Hall–Kier alpha value is -2.86. The number of benzene rings is 2. The van der Waals surface area contributed by atoms with Crippen molar-refractivity contribution in [3.05, 3.63) is 94.2 Å². The Morgan fingerprint density at radius 3 is 2.54 bits per heavy atom. The first kappa shape index (κ1) is 17.9. The third kappa shape index (κ3) is 5.32. The molecule has 0 aliphatic rings. The van der Waals surface area contributed by atoms with Crippen molar-refractivity contribution in [2.75, 3.05) is 0 Å². The molecule has 0 aliphatic carbocycles. The van der Waals surface area contributed by atoms with E-state index in [1.807, 2.05) is 60.7 Å². The van der Waals surface area contributed by atoms with Crippen LogP contribution in [-0.4, -0.2) is 10.8 Å². The van der Waals surface area contributed by atoms with Crippen LogP contribution in [0.15, 0.2) is 82.7 Å². The average molecular weight is 412 g/mol. The molecule has 1 aromatic heterocycles. The van der Waals surface area contributed by atoms with Crippen LogP contribution in [0, 0.1) is 0 Å². The number of hydrogen-bond acceptors (Lipinski definition) is 4. The highest BCUT2D eigenvalue weighted by atomic mass is 79.9. The summed E-state index contributed by atoms with van der Waals surface area (Å²) in [5.41, 5.74) is 8.76. The molecule has 0 atom stereocenters. The lowest BCUT2D eigenvalue weighted by Gasteiger charge is -2.07. The molecule has 0 radical (unpaired) electrons. The molecule has 0 saturated heterocycles. The van der Waals surface area contributed by atoms with Crippen LogP contribution < -0.4 is 10.5 Å². The van der Waals surface area contributed by atoms with Crippen molar-refractivity contribution >= 4 is 21.8 Å². The van der Waals surface area contributed by atoms with E-state index < -0.39 is 0 Å². The fourth-order valence-corrected chi connectivity index (χ4v) is 2.67. The zero-order chi connectivity index (χ0) is 18.2. The van der Waals surface area contributed by atoms with Gasteiger partial charge in [0.15, 0.2) is 5.84 Å². The minimum Gasteiger partial charge on any atom is -0.489 e. The minimum atomic E-state index is 0.318. The van der Waals surface area contributed by atoms with Gasteiger partial charge in [0.1, 0.15) is 19.0 Å². The second-order valence-electron chi connectivity index (χ2n) is 5.55. The van der Waals surface area contributed by atoms with Crippen LogP contribution >= 0.6 is 15.9 Å². The number of pyridine rings is 1. The second kappa shape index (κ2) is 9.01. The molecule has 0 saturated carbocycles. The molecule has 0 bridgehead atoms. The summed E-state index contributed by atoms with van der Waals surface area (Å²) in [4.78, 5) is 9.39. The summed E-state index contributed by atoms with van der Waals surface area (Å²) >= 11 is 3.42. The molecule has 0 unspecified atom stereocenters. The number of aromatic nitrogens is 1. The van der Waals surface area contributed by atoms with Gasteiger partial charge in [-0.1, -0.05) is 39.3 Å². The highest BCUT2D eigenvalue weighted by Crippen LogP contribution is 2.15. The summed E-state index contributed by atoms with van der Waals surface area (Å²) < 4.78 is 6.72. The summed E-state index contributed by atoms with van der Waals surface area (Å²) in [5.74, 6) is 1.07. The molecule has 0 fully saturated rings. The molecule has 3 rings (SSSR count). The molecule has 132 valence electrons. The predicted octanol–water partition coefficient (Wildman–Crippen LogP) is 4.26. The standard InChI is InChI=1S/C20H18BrN3O2/c21-18-5-1-3-15(11-18)14-26-24-20(22)17-6-8-19(9-7-17)25-13-16-4-2-10-23-12-16/h1-12H,13-14H2,(H2,22,24). The quantitative estimate of drug-likeness (QED) is 0.358. The van der Waals surface area contributed by atoms with Crippen LogP contribution in [0.2, 0.25) is 0 Å². The number of hydrogen-bond donors (Lipinski definition) is 1. The average Bonchev–Trinajstić information content (AvgIpc) is 2.67. The van der Waals surface area contributed by atoms with Crippen molar-refractivity contribution in [2.45, 2.75) is 13.2 Å². The number of halogens is 1. The maximum Gasteiger partial charge on any atom is 0.170 e. The molecule has 0 aliphatic heterocycles. The van der Waals surface area contributed by atoms with Crippen LogP contribution in [0.4, 0.5) is 0 Å². The van der Waals surface area contributed by atoms with Gasteiger partial charge in [0.05, 0.1) is 0 Å². The molecule has 6 heteroatoms. The third-order valence-corrected chi connectivity index (χ3v) is 4.05. The van der Waals surface area contributed by atoms with E-state index in [-0.39, 0.29) is 0 Å². The van der Waals surface area contributed by atoms with Crippen molar-refractivity contribution in [1.29, 1.82) is 0 Å². The number of nitrogens with zero attached hydrogens (tertiary/aromatic N) is 2. The van der Waals surface area contributed by atoms with Crippen LogP contribution in [0.1, 0.15) is 16.7 Å². The second-order valence-corrected chi connectivity index (χ2v) is 6.47. The normalized spacial score (nSPS) is 11.2. The van der Waals surface area contributed by atoms with E-state index in [1.54, 1.807) is 12.4 Å². The van der Waals surface area contributed by atoms with Crippen LogP contribution in [0.25, 0.3) is 0 Å². The Morgan fingerprint density at radius 1 is 1.00 bits per heavy atom. The Bertz CT molecular complexity index is 868. The lowest BCUT2D eigenvalue weighted by molar-refractivity contribution is 0.130. The van der Waals surface area contributed by atoms with E-state index in [9.17, 15) is 0 Å². The van der Waals surface area contributed by atoms with E-state index in [0.717, 1.165) is 26.9 Å². The van der Waals surface area contributed by atoms with E-state index in [4.69, 9.17) is 15.3 Å². The summed E-state index contributed by atoms with van der Waals surface area (Å²) in [6.45, 7) is 0.818. The lowest BCUT2D eigenvalue weighted by Crippen LogP contribution is -2.13. The molecule has 26 heavy (non-hydrogen) atoms. The Balaban J connectivity index is 1.53. The first-order valence-corrected chi connectivity index (χ1v) is 8.82. The van der Waals surface area contributed by atoms with Gasteiger partial charge in [-0.15, -0.1) is 0 Å². The van der Waals surface area contributed by atoms with Crippen molar-refractivity contribution in [2.24, 2.45) is 10.9 Å². The van der Waals surface area contributed by atoms with Gasteiger partial charge in [-0.3, -0.25) is 4.98 Å². The first-order valence-electron chi connectivity index (χ1n) is 8.03. The van der Waals surface area contributed by atoms with Gasteiger partial charge in [-0.05, 0) is 48.0 Å². The highest BCUT2D eigenvalue weighted by molar-refractivity contribution is 9.10. The summed E-state index contributed by atoms with van der Waals surface area (Å²) in [5, 5.41) is 3.97. The number of nitrogens with two attached hydrogens (primary N) is 1. The molecule has 3 aromatic rings. The molecule has 5 nitrogen and oxygen atoms in total. The Kier molecular flexibility index (Phi) is 6.22. The molecule has 1 heterocycles. The fourth-order valence-electron chi connectivity index (χ4n) is 2.23. The maximum atomic E-state index is 5.97. The molecule has 0 amide bonds. The van der Waals surface area contributed by atoms with Gasteiger partial charge in [-0.2, -0.15) is 0 Å². The lowest BCUT2D eigenvalue weighted by atomic mass is 10.2. The van der Waals surface area contributed by atoms with Crippen molar-refractivity contribution in [3.63, 3.8) is 0 Å². The summed E-state index contributed by atoms with van der Waals surface area (Å²) in [7, 11) is 0. The van der Waals surface area contributed by atoms with Crippen molar-refractivity contribution in [1.82, 2.24) is 4.98 Å². The van der Waals surface area contributed by atoms with Gasteiger partial charge in [0.2, 0.25) is 0 Å². The fraction of sp³-hybridized carbons (Fsp3) is 0.100. The Labute approximate surface area is 160 Å². The number of rotatable bonds is 7. The first-order chi connectivity index (χ1) is 12.7. The van der Waals surface area contributed by atoms with Crippen LogP contribution in [0.3, 0.4) is 0 Å². The van der Waals surface area contributed by atoms with Crippen molar-refractivity contribution < 1.29 is 9.57 Å². The highest BCUT2D eigenvalue weighted by Gasteiger charge is 2.02. The van der Waals surface area contributed by atoms with Gasteiger partial charge >= 0.3 is 0 Å². The molecule has 2 aromatic carbocycles. The smallest absolute Gasteiger partial charge is 0.170 e. The number of amidine groups is 1. The zero-order valence-electron chi connectivity index (χ0n) is 14.0. The minimum absolute atomic E-state index is 0.318. The maximum absolute atomic E-state index is 5.97. The van der Waals surface area contributed by atoms with Gasteiger partial charge in [0, 0.05) is 28.0 Å². The van der Waals surface area contributed by atoms with Crippen LogP contribution in [0.5, 0.6) is 5.75 Å². The van der Waals surface area contributed by atoms with Crippen molar-refractivity contribution in [3.8, 4) is 5.75 Å². The van der Waals surface area contributed by atoms with Gasteiger partial charge < -0.3 is 15.3 Å². The largest absolute Gasteiger partial charge is 0.489 e. The third-order valence-electron chi connectivity index (χ3n) is 3.56. The SMILES string of the molecule is NC(=NOCc1cccc(Br)c1)c1ccc(OCc2cccnc2)cc1. The molecule has 0 spiro atoms. The summed E-state index contributed by atoms with van der Waals surface area (Å²) in [6.07, 6.45) is 3.51. The summed E-state index contributed by atoms with van der Waals surface area (Å²) in [6, 6.07) is 19.1. The molecular formula is C20H18BrN3O2. The van der Waals surface area contributed by atoms with E-state index >= 15 is 0 Å². The monoisotopic (exact) mass is 411 g/mol. The van der Waals surface area contributed by atoms with Gasteiger partial charge in [-0.25, -0.2) is 0 Å². The van der Waals surface area contributed by atoms with E-state index in [2.05, 4.69) is 26.1 Å².